The van der Waals surface area contributed by atoms with Crippen molar-refractivity contribution in [3.05, 3.63) is 34.6 Å². The van der Waals surface area contributed by atoms with Gasteiger partial charge >= 0.3 is 0 Å². The fraction of sp³-hybridized carbons (Fsp3) is 0.500. The maximum Gasteiger partial charge on any atom is 0.254 e. The zero-order chi connectivity index (χ0) is 14.2. The molecule has 2 atom stereocenters. The Morgan fingerprint density at radius 2 is 2.21 bits per heavy atom. The topological polar surface area (TPSA) is 38.3 Å². The lowest BCUT2D eigenvalue weighted by atomic mass is 9.64. The van der Waals surface area contributed by atoms with Crippen molar-refractivity contribution in [1.29, 1.82) is 0 Å². The highest BCUT2D eigenvalue weighted by molar-refractivity contribution is 6.31. The molecular weight excluding hydrogens is 269 g/mol. The van der Waals surface area contributed by atoms with Gasteiger partial charge < -0.3 is 10.1 Å². The van der Waals surface area contributed by atoms with Gasteiger partial charge in [0.25, 0.3) is 5.91 Å². The number of hydrogen-bond acceptors (Lipinski definition) is 2. The van der Waals surface area contributed by atoms with Gasteiger partial charge in [-0.25, -0.2) is 4.39 Å². The molecule has 0 aliphatic heterocycles. The van der Waals surface area contributed by atoms with Gasteiger partial charge in [-0.2, -0.15) is 0 Å². The van der Waals surface area contributed by atoms with E-state index in [1.807, 2.05) is 13.8 Å². The highest BCUT2D eigenvalue weighted by Gasteiger charge is 2.49. The van der Waals surface area contributed by atoms with E-state index in [1.54, 1.807) is 7.11 Å². The van der Waals surface area contributed by atoms with E-state index < -0.39 is 11.7 Å². The molecule has 0 saturated heterocycles. The average molecular weight is 286 g/mol. The zero-order valence-corrected chi connectivity index (χ0v) is 11.9. The number of methoxy groups -OCH3 is 1. The van der Waals surface area contributed by atoms with Crippen LogP contribution in [0.5, 0.6) is 0 Å². The summed E-state index contributed by atoms with van der Waals surface area (Å²) in [6.45, 7) is 4.04. The Kier molecular flexibility index (Phi) is 3.83. The van der Waals surface area contributed by atoms with E-state index in [0.717, 1.165) is 6.42 Å². The number of ether oxygens (including phenoxy) is 1. The summed E-state index contributed by atoms with van der Waals surface area (Å²) in [4.78, 5) is 12.1. The molecule has 104 valence electrons. The van der Waals surface area contributed by atoms with Gasteiger partial charge in [-0.1, -0.05) is 25.4 Å². The SMILES string of the molecule is COC1CC(NC(=O)c2cc(Cl)ccc2F)C1(C)C. The Balaban J connectivity index is 2.09. The first-order chi connectivity index (χ1) is 8.86. The summed E-state index contributed by atoms with van der Waals surface area (Å²) in [6, 6.07) is 3.93. The van der Waals surface area contributed by atoms with Gasteiger partial charge in [0, 0.05) is 23.6 Å². The van der Waals surface area contributed by atoms with E-state index in [4.69, 9.17) is 16.3 Å². The highest BCUT2D eigenvalue weighted by Crippen LogP contribution is 2.42. The van der Waals surface area contributed by atoms with Crippen LogP contribution < -0.4 is 5.32 Å². The van der Waals surface area contributed by atoms with Crippen LogP contribution in [0.3, 0.4) is 0 Å². The Labute approximate surface area is 117 Å². The molecule has 5 heteroatoms. The minimum Gasteiger partial charge on any atom is -0.381 e. The summed E-state index contributed by atoms with van der Waals surface area (Å²) >= 11 is 5.78. The summed E-state index contributed by atoms with van der Waals surface area (Å²) in [5.41, 5.74) is -0.177. The van der Waals surface area contributed by atoms with E-state index in [0.29, 0.717) is 5.02 Å². The molecule has 2 unspecified atom stereocenters. The van der Waals surface area contributed by atoms with Crippen molar-refractivity contribution in [3.63, 3.8) is 0 Å². The fourth-order valence-electron chi connectivity index (χ4n) is 2.44. The van der Waals surface area contributed by atoms with Gasteiger partial charge in [-0.15, -0.1) is 0 Å². The van der Waals surface area contributed by atoms with E-state index >= 15 is 0 Å². The van der Waals surface area contributed by atoms with Crippen LogP contribution >= 0.6 is 11.6 Å². The van der Waals surface area contributed by atoms with Gasteiger partial charge in [0.1, 0.15) is 5.82 Å². The number of rotatable bonds is 3. The number of benzene rings is 1. The third-order valence-corrected chi connectivity index (χ3v) is 4.18. The van der Waals surface area contributed by atoms with E-state index in [2.05, 4.69) is 5.32 Å². The van der Waals surface area contributed by atoms with Crippen LogP contribution in [-0.2, 0) is 4.74 Å². The van der Waals surface area contributed by atoms with Crippen molar-refractivity contribution in [2.75, 3.05) is 7.11 Å². The number of halogens is 2. The molecule has 1 fully saturated rings. The molecule has 0 spiro atoms. The zero-order valence-electron chi connectivity index (χ0n) is 11.2. The van der Waals surface area contributed by atoms with E-state index in [-0.39, 0.29) is 23.1 Å². The number of carbonyl (C=O) groups is 1. The molecule has 1 aliphatic carbocycles. The summed E-state index contributed by atoms with van der Waals surface area (Å²) in [5, 5.41) is 3.18. The second-order valence-corrected chi connectivity index (χ2v) is 5.87. The molecule has 1 aliphatic rings. The van der Waals surface area contributed by atoms with Gasteiger partial charge in [0.2, 0.25) is 0 Å². The van der Waals surface area contributed by atoms with Crippen molar-refractivity contribution < 1.29 is 13.9 Å². The molecule has 3 nitrogen and oxygen atoms in total. The lowest BCUT2D eigenvalue weighted by Crippen LogP contribution is -2.61. The largest absolute Gasteiger partial charge is 0.381 e. The first-order valence-electron chi connectivity index (χ1n) is 6.15. The fourth-order valence-corrected chi connectivity index (χ4v) is 2.61. The normalized spacial score (nSPS) is 24.7. The second-order valence-electron chi connectivity index (χ2n) is 5.43. The molecule has 0 bridgehead atoms. The third kappa shape index (κ3) is 2.60. The van der Waals surface area contributed by atoms with Crippen LogP contribution in [0.4, 0.5) is 4.39 Å². The molecular formula is C14H17ClFNO2. The molecule has 0 heterocycles. The summed E-state index contributed by atoms with van der Waals surface area (Å²) in [6.07, 6.45) is 0.847. The predicted octanol–water partition coefficient (Wildman–Crippen LogP) is 3.02. The maximum atomic E-state index is 13.6. The van der Waals surface area contributed by atoms with Crippen LogP contribution in [0.15, 0.2) is 18.2 Å². The van der Waals surface area contributed by atoms with Gasteiger partial charge in [-0.05, 0) is 24.6 Å². The Hall–Kier alpha value is -1.13. The van der Waals surface area contributed by atoms with Crippen molar-refractivity contribution in [2.45, 2.75) is 32.4 Å². The Morgan fingerprint density at radius 3 is 2.79 bits per heavy atom. The smallest absolute Gasteiger partial charge is 0.254 e. The van der Waals surface area contributed by atoms with E-state index in [9.17, 15) is 9.18 Å². The lowest BCUT2D eigenvalue weighted by Gasteiger charge is -2.51. The first kappa shape index (κ1) is 14.3. The minimum absolute atomic E-state index is 0.0239. The molecule has 2 rings (SSSR count). The predicted molar refractivity (Wildman–Crippen MR) is 71.9 cm³/mol. The van der Waals surface area contributed by atoms with Crippen LogP contribution in [0.25, 0.3) is 0 Å². The molecule has 1 N–H and O–H groups in total. The summed E-state index contributed by atoms with van der Waals surface area (Å²) in [5.74, 6) is -1.00. The number of hydrogen-bond donors (Lipinski definition) is 1. The van der Waals surface area contributed by atoms with Crippen molar-refractivity contribution in [1.82, 2.24) is 5.32 Å². The van der Waals surface area contributed by atoms with E-state index in [1.165, 1.54) is 18.2 Å². The first-order valence-corrected chi connectivity index (χ1v) is 6.52. The van der Waals surface area contributed by atoms with Crippen molar-refractivity contribution in [2.24, 2.45) is 5.41 Å². The Morgan fingerprint density at radius 1 is 1.53 bits per heavy atom. The molecule has 0 aromatic heterocycles. The van der Waals surface area contributed by atoms with Gasteiger partial charge in [0.05, 0.1) is 11.7 Å². The minimum atomic E-state index is -0.567. The highest BCUT2D eigenvalue weighted by atomic mass is 35.5. The number of amides is 1. The molecule has 1 aromatic rings. The van der Waals surface area contributed by atoms with Crippen LogP contribution in [-0.4, -0.2) is 25.2 Å². The summed E-state index contributed by atoms with van der Waals surface area (Å²) in [7, 11) is 1.65. The van der Waals surface area contributed by atoms with Crippen LogP contribution in [0, 0.1) is 11.2 Å². The molecule has 1 aromatic carbocycles. The monoisotopic (exact) mass is 285 g/mol. The van der Waals surface area contributed by atoms with Gasteiger partial charge in [-0.3, -0.25) is 4.79 Å². The second kappa shape index (κ2) is 5.10. The molecule has 1 saturated carbocycles. The number of nitrogens with one attached hydrogen (secondary N) is 1. The van der Waals surface area contributed by atoms with Gasteiger partial charge in [0.15, 0.2) is 0 Å². The lowest BCUT2D eigenvalue weighted by molar-refractivity contribution is -0.0942. The molecule has 1 amide bonds. The van der Waals surface area contributed by atoms with Crippen LogP contribution in [0.2, 0.25) is 5.02 Å². The number of carbonyl (C=O) groups excluding carboxylic acids is 1. The van der Waals surface area contributed by atoms with Crippen molar-refractivity contribution in [3.8, 4) is 0 Å². The standard InChI is InChI=1S/C14H17ClFNO2/c1-14(2)11(7-12(14)19-3)17-13(18)9-6-8(15)4-5-10(9)16/h4-6,11-12H,7H2,1-3H3,(H,17,18). The molecule has 0 radical (unpaired) electrons. The molecule has 19 heavy (non-hydrogen) atoms. The van der Waals surface area contributed by atoms with Crippen LogP contribution in [0.1, 0.15) is 30.6 Å². The maximum absolute atomic E-state index is 13.6. The average Bonchev–Trinajstić information content (AvgIpc) is 2.36. The third-order valence-electron chi connectivity index (χ3n) is 3.94. The Bertz CT molecular complexity index is 504. The summed E-state index contributed by atoms with van der Waals surface area (Å²) < 4.78 is 18.9. The quantitative estimate of drug-likeness (QED) is 0.927. The van der Waals surface area contributed by atoms with Crippen molar-refractivity contribution >= 4 is 17.5 Å².